The third-order valence-corrected chi connectivity index (χ3v) is 3.83. The van der Waals surface area contributed by atoms with Crippen molar-refractivity contribution < 1.29 is 19.4 Å². The Balaban J connectivity index is 2.14. The normalized spacial score (nSPS) is 11.5. The summed E-state index contributed by atoms with van der Waals surface area (Å²) >= 11 is 0. The predicted molar refractivity (Wildman–Crippen MR) is 95.6 cm³/mol. The molecule has 2 N–H and O–H groups in total. The molecule has 8 heteroatoms. The summed E-state index contributed by atoms with van der Waals surface area (Å²) in [5.41, 5.74) is 0.407. The van der Waals surface area contributed by atoms with Crippen LogP contribution in [0.2, 0.25) is 0 Å². The van der Waals surface area contributed by atoms with E-state index in [1.807, 2.05) is 38.1 Å². The van der Waals surface area contributed by atoms with E-state index in [0.717, 1.165) is 11.4 Å². The highest BCUT2D eigenvalue weighted by molar-refractivity contribution is 5.93. The van der Waals surface area contributed by atoms with Crippen LogP contribution >= 0.6 is 0 Å². The number of rotatable bonds is 7. The zero-order valence-electron chi connectivity index (χ0n) is 15.6. The number of carboxylic acids is 1. The number of aliphatic carboxylic acids is 1. The summed E-state index contributed by atoms with van der Waals surface area (Å²) in [5, 5.41) is 19.7. The molecule has 1 heterocycles. The van der Waals surface area contributed by atoms with Crippen LogP contribution in [0.1, 0.15) is 43.9 Å². The van der Waals surface area contributed by atoms with E-state index in [-0.39, 0.29) is 18.3 Å². The highest BCUT2D eigenvalue weighted by Gasteiger charge is 2.28. The van der Waals surface area contributed by atoms with Crippen LogP contribution in [-0.4, -0.2) is 44.6 Å². The van der Waals surface area contributed by atoms with Crippen LogP contribution in [0.15, 0.2) is 24.3 Å². The maximum absolute atomic E-state index is 12.3. The third kappa shape index (κ3) is 4.38. The van der Waals surface area contributed by atoms with Crippen molar-refractivity contribution >= 4 is 11.9 Å². The first-order valence-electron chi connectivity index (χ1n) is 8.33. The lowest BCUT2D eigenvalue weighted by atomic mass is 9.94. The minimum Gasteiger partial charge on any atom is -0.491 e. The van der Waals surface area contributed by atoms with E-state index in [4.69, 9.17) is 9.84 Å². The first-order valence-corrected chi connectivity index (χ1v) is 8.33. The maximum Gasteiger partial charge on any atom is 0.310 e. The maximum atomic E-state index is 12.3. The van der Waals surface area contributed by atoms with Gasteiger partial charge in [0.1, 0.15) is 5.75 Å². The molecular weight excluding hydrogens is 336 g/mol. The predicted octanol–water partition coefficient (Wildman–Crippen LogP) is 2.20. The Morgan fingerprint density at radius 2 is 1.88 bits per heavy atom. The number of nitrogens with one attached hydrogen (secondary N) is 1. The summed E-state index contributed by atoms with van der Waals surface area (Å²) in [4.78, 5) is 23.4. The fourth-order valence-corrected chi connectivity index (χ4v) is 2.18. The van der Waals surface area contributed by atoms with Gasteiger partial charge in [0, 0.05) is 6.54 Å². The van der Waals surface area contributed by atoms with Crippen LogP contribution in [0.5, 0.6) is 5.75 Å². The number of carboxylic acid groups (broad SMARTS) is 1. The lowest BCUT2D eigenvalue weighted by Crippen LogP contribution is -2.39. The topological polar surface area (TPSA) is 106 Å². The second-order valence-electron chi connectivity index (χ2n) is 6.97. The van der Waals surface area contributed by atoms with Crippen molar-refractivity contribution in [2.24, 2.45) is 5.41 Å². The lowest BCUT2D eigenvalue weighted by molar-refractivity contribution is -0.146. The van der Waals surface area contributed by atoms with Gasteiger partial charge < -0.3 is 15.2 Å². The van der Waals surface area contributed by atoms with Gasteiger partial charge in [0.15, 0.2) is 5.69 Å². The van der Waals surface area contributed by atoms with Crippen molar-refractivity contribution in [3.8, 4) is 11.4 Å². The molecule has 0 fully saturated rings. The van der Waals surface area contributed by atoms with Crippen molar-refractivity contribution in [3.05, 3.63) is 35.7 Å². The van der Waals surface area contributed by atoms with Crippen molar-refractivity contribution in [1.82, 2.24) is 20.3 Å². The number of hydrogen-bond acceptors (Lipinski definition) is 5. The summed E-state index contributed by atoms with van der Waals surface area (Å²) in [6.45, 7) is 8.71. The van der Waals surface area contributed by atoms with Crippen LogP contribution in [0, 0.1) is 12.3 Å². The van der Waals surface area contributed by atoms with Crippen LogP contribution in [-0.2, 0) is 4.79 Å². The average molecular weight is 360 g/mol. The van der Waals surface area contributed by atoms with Crippen molar-refractivity contribution in [1.29, 1.82) is 0 Å². The summed E-state index contributed by atoms with van der Waals surface area (Å²) < 4.78 is 7.16. The van der Waals surface area contributed by atoms with Gasteiger partial charge in [0.05, 0.1) is 22.9 Å². The summed E-state index contributed by atoms with van der Waals surface area (Å²) in [5.74, 6) is -0.694. The number of benzene rings is 1. The number of amides is 1. The minimum absolute atomic E-state index is 0.00525. The molecule has 26 heavy (non-hydrogen) atoms. The number of aromatic nitrogens is 3. The van der Waals surface area contributed by atoms with Gasteiger partial charge in [-0.2, -0.15) is 0 Å². The van der Waals surface area contributed by atoms with Gasteiger partial charge in [-0.3, -0.25) is 9.59 Å². The number of hydrogen-bond donors (Lipinski definition) is 2. The Labute approximate surface area is 152 Å². The molecule has 0 aliphatic rings. The molecule has 8 nitrogen and oxygen atoms in total. The quantitative estimate of drug-likeness (QED) is 0.784. The number of carbonyl (C=O) groups is 2. The molecule has 1 amide bonds. The van der Waals surface area contributed by atoms with Gasteiger partial charge in [-0.1, -0.05) is 5.21 Å². The molecule has 1 aromatic heterocycles. The van der Waals surface area contributed by atoms with Gasteiger partial charge in [0.25, 0.3) is 5.91 Å². The Bertz CT molecular complexity index is 794. The first-order chi connectivity index (χ1) is 12.1. The summed E-state index contributed by atoms with van der Waals surface area (Å²) in [7, 11) is 0. The fraction of sp³-hybridized carbons (Fsp3) is 0.444. The monoisotopic (exact) mass is 360 g/mol. The minimum atomic E-state index is -1.06. The van der Waals surface area contributed by atoms with Gasteiger partial charge in [0.2, 0.25) is 0 Å². The van der Waals surface area contributed by atoms with Gasteiger partial charge in [-0.15, -0.1) is 5.10 Å². The zero-order valence-corrected chi connectivity index (χ0v) is 15.6. The lowest BCUT2D eigenvalue weighted by Gasteiger charge is -2.19. The second kappa shape index (κ2) is 7.55. The van der Waals surface area contributed by atoms with E-state index in [1.165, 1.54) is 0 Å². The largest absolute Gasteiger partial charge is 0.491 e. The Morgan fingerprint density at radius 1 is 1.27 bits per heavy atom. The van der Waals surface area contributed by atoms with Gasteiger partial charge in [-0.05, 0) is 58.9 Å². The van der Waals surface area contributed by atoms with E-state index in [9.17, 15) is 9.59 Å². The molecule has 0 radical (unpaired) electrons. The molecule has 140 valence electrons. The SMILES string of the molecule is Cc1c(C(=O)NCC(C)(C)C(=O)O)nnn1-c1ccc(OC(C)C)cc1. The number of nitrogens with zero attached hydrogens (tertiary/aromatic N) is 3. The van der Waals surface area contributed by atoms with Gasteiger partial charge >= 0.3 is 5.97 Å². The van der Waals surface area contributed by atoms with E-state index in [0.29, 0.717) is 5.69 Å². The molecule has 0 aliphatic heterocycles. The Hall–Kier alpha value is -2.90. The molecule has 0 atom stereocenters. The van der Waals surface area contributed by atoms with Crippen molar-refractivity contribution in [3.63, 3.8) is 0 Å². The zero-order chi connectivity index (χ0) is 19.5. The molecule has 0 unspecified atom stereocenters. The highest BCUT2D eigenvalue weighted by Crippen LogP contribution is 2.18. The fourth-order valence-electron chi connectivity index (χ4n) is 2.18. The van der Waals surface area contributed by atoms with Gasteiger partial charge in [-0.25, -0.2) is 4.68 Å². The number of carbonyl (C=O) groups excluding carboxylic acids is 1. The van der Waals surface area contributed by atoms with E-state index >= 15 is 0 Å². The van der Waals surface area contributed by atoms with Crippen LogP contribution in [0.4, 0.5) is 0 Å². The first kappa shape index (κ1) is 19.4. The molecule has 0 saturated heterocycles. The van der Waals surface area contributed by atoms with E-state index in [2.05, 4.69) is 15.6 Å². The van der Waals surface area contributed by atoms with Crippen molar-refractivity contribution in [2.75, 3.05) is 6.54 Å². The van der Waals surface area contributed by atoms with Crippen LogP contribution in [0.3, 0.4) is 0 Å². The molecule has 0 saturated carbocycles. The molecule has 0 bridgehead atoms. The molecule has 0 aliphatic carbocycles. The molecule has 2 rings (SSSR count). The Kier molecular flexibility index (Phi) is 5.64. The molecule has 2 aromatic rings. The molecular formula is C18H24N4O4. The standard InChI is InChI=1S/C18H24N4O4/c1-11(2)26-14-8-6-13(7-9-14)22-12(3)15(20-21-22)16(23)19-10-18(4,5)17(24)25/h6-9,11H,10H2,1-5H3,(H,19,23)(H,24,25). The summed E-state index contributed by atoms with van der Waals surface area (Å²) in [6, 6.07) is 7.31. The van der Waals surface area contributed by atoms with Crippen LogP contribution in [0.25, 0.3) is 5.69 Å². The summed E-state index contributed by atoms with van der Waals surface area (Å²) in [6.07, 6.45) is 0.0827. The average Bonchev–Trinajstić information content (AvgIpc) is 2.94. The highest BCUT2D eigenvalue weighted by atomic mass is 16.5. The Morgan fingerprint density at radius 3 is 2.42 bits per heavy atom. The van der Waals surface area contributed by atoms with E-state index < -0.39 is 17.3 Å². The number of ether oxygens (including phenoxy) is 1. The molecule has 0 spiro atoms. The van der Waals surface area contributed by atoms with E-state index in [1.54, 1.807) is 25.5 Å². The third-order valence-electron chi connectivity index (χ3n) is 3.83. The molecule has 1 aromatic carbocycles. The van der Waals surface area contributed by atoms with Crippen LogP contribution < -0.4 is 10.1 Å². The second-order valence-corrected chi connectivity index (χ2v) is 6.97. The smallest absolute Gasteiger partial charge is 0.310 e. The van der Waals surface area contributed by atoms with Crippen molar-refractivity contribution in [2.45, 2.75) is 40.7 Å².